The van der Waals surface area contributed by atoms with E-state index in [1.165, 1.54) is 27.5 Å². The predicted octanol–water partition coefficient (Wildman–Crippen LogP) is 5.93. The lowest BCUT2D eigenvalue weighted by Gasteiger charge is -2.39. The van der Waals surface area contributed by atoms with E-state index in [4.69, 9.17) is 4.74 Å². The molecule has 0 spiro atoms. The van der Waals surface area contributed by atoms with Gasteiger partial charge in [0.15, 0.2) is 0 Å². The van der Waals surface area contributed by atoms with Crippen molar-refractivity contribution in [1.29, 1.82) is 0 Å². The first-order chi connectivity index (χ1) is 11.7. The molecule has 0 unspecified atom stereocenters. The molecule has 3 aromatic carbocycles. The maximum Gasteiger partial charge on any atom is 0.123 e. The monoisotopic (exact) mass is 314 g/mol. The van der Waals surface area contributed by atoms with Crippen molar-refractivity contribution >= 4 is 16.8 Å². The normalized spacial score (nSPS) is 19.6. The summed E-state index contributed by atoms with van der Waals surface area (Å²) >= 11 is 0. The zero-order valence-corrected chi connectivity index (χ0v) is 14.2. The summed E-state index contributed by atoms with van der Waals surface area (Å²) in [5.74, 6) is 0. The molecular weight excluding hydrogens is 292 g/mol. The molecule has 0 saturated carbocycles. The summed E-state index contributed by atoms with van der Waals surface area (Å²) in [6.07, 6.45) is 5.45. The number of hydrogen-bond donors (Lipinski definition) is 0. The Bertz CT molecular complexity index is 901. The molecule has 0 aromatic heterocycles. The van der Waals surface area contributed by atoms with Gasteiger partial charge in [-0.1, -0.05) is 78.9 Å². The molecule has 120 valence electrons. The third-order valence-electron chi connectivity index (χ3n) is 4.76. The third-order valence-corrected chi connectivity index (χ3v) is 4.76. The van der Waals surface area contributed by atoms with Crippen LogP contribution in [0.25, 0.3) is 16.8 Å². The summed E-state index contributed by atoms with van der Waals surface area (Å²) < 4.78 is 6.65. The van der Waals surface area contributed by atoms with Crippen LogP contribution in [0.3, 0.4) is 0 Å². The Kier molecular flexibility index (Phi) is 3.74. The van der Waals surface area contributed by atoms with Crippen LogP contribution in [-0.4, -0.2) is 6.10 Å². The summed E-state index contributed by atoms with van der Waals surface area (Å²) in [4.78, 5) is 0. The first kappa shape index (κ1) is 15.2. The predicted molar refractivity (Wildman–Crippen MR) is 101 cm³/mol. The van der Waals surface area contributed by atoms with Gasteiger partial charge >= 0.3 is 0 Å². The van der Waals surface area contributed by atoms with Crippen LogP contribution in [0.2, 0.25) is 0 Å². The molecule has 1 nitrogen and oxygen atoms in total. The lowest BCUT2D eigenvalue weighted by atomic mass is 9.76. The number of fused-ring (bicyclic) bond motifs is 2. The lowest BCUT2D eigenvalue weighted by molar-refractivity contribution is -0.0550. The highest BCUT2D eigenvalue weighted by Gasteiger charge is 2.39. The van der Waals surface area contributed by atoms with Gasteiger partial charge in [-0.15, -0.1) is 0 Å². The van der Waals surface area contributed by atoms with Gasteiger partial charge in [0.05, 0.1) is 6.10 Å². The molecule has 0 heterocycles. The molecule has 4 rings (SSSR count). The largest absolute Gasteiger partial charge is 0.363 e. The van der Waals surface area contributed by atoms with Crippen LogP contribution in [0.4, 0.5) is 0 Å². The summed E-state index contributed by atoms with van der Waals surface area (Å²) in [5, 5.41) is 2.53. The zero-order valence-electron chi connectivity index (χ0n) is 14.2. The van der Waals surface area contributed by atoms with Crippen LogP contribution < -0.4 is 0 Å². The Balaban J connectivity index is 2.04. The smallest absolute Gasteiger partial charge is 0.123 e. The first-order valence-corrected chi connectivity index (χ1v) is 8.63. The average molecular weight is 314 g/mol. The van der Waals surface area contributed by atoms with E-state index in [2.05, 4.69) is 92.7 Å². The molecule has 3 aromatic rings. The van der Waals surface area contributed by atoms with Gasteiger partial charge in [-0.05, 0) is 41.3 Å². The van der Waals surface area contributed by atoms with Crippen molar-refractivity contribution in [2.24, 2.45) is 0 Å². The van der Waals surface area contributed by atoms with E-state index >= 15 is 0 Å². The fraction of sp³-hybridized carbons (Fsp3) is 0.217. The van der Waals surface area contributed by atoms with Gasteiger partial charge in [-0.25, -0.2) is 0 Å². The Morgan fingerprint density at radius 3 is 2.42 bits per heavy atom. The number of benzene rings is 3. The van der Waals surface area contributed by atoms with Crippen LogP contribution in [0.1, 0.15) is 37.0 Å². The van der Waals surface area contributed by atoms with Gasteiger partial charge in [0, 0.05) is 6.42 Å². The average Bonchev–Trinajstić information content (AvgIpc) is 2.61. The second kappa shape index (κ2) is 5.92. The lowest BCUT2D eigenvalue weighted by Crippen LogP contribution is -2.35. The van der Waals surface area contributed by atoms with Crippen LogP contribution in [-0.2, 0) is 10.3 Å². The van der Waals surface area contributed by atoms with Gasteiger partial charge in [0.25, 0.3) is 0 Å². The number of rotatable bonds is 3. The summed E-state index contributed by atoms with van der Waals surface area (Å²) in [5.41, 5.74) is 3.33. The van der Waals surface area contributed by atoms with E-state index < -0.39 is 5.60 Å². The molecule has 1 heteroatoms. The molecule has 1 atom stereocenters. The third kappa shape index (κ3) is 2.37. The summed E-state index contributed by atoms with van der Waals surface area (Å²) in [6, 6.07) is 23.7. The minimum absolute atomic E-state index is 0.142. The Morgan fingerprint density at radius 1 is 0.833 bits per heavy atom. The second-order valence-corrected chi connectivity index (χ2v) is 6.71. The van der Waals surface area contributed by atoms with E-state index in [9.17, 15) is 0 Å². The van der Waals surface area contributed by atoms with Gasteiger partial charge in [0.1, 0.15) is 5.60 Å². The van der Waals surface area contributed by atoms with Crippen LogP contribution in [0.5, 0.6) is 0 Å². The van der Waals surface area contributed by atoms with E-state index in [1.807, 2.05) is 0 Å². The topological polar surface area (TPSA) is 9.23 Å². The second-order valence-electron chi connectivity index (χ2n) is 6.71. The maximum absolute atomic E-state index is 6.65. The SMILES string of the molecule is CC(C)O[C@@]1(c2cccc3ccccc23)CC=Cc2ccccc21. The molecular formula is C23H22O. The molecule has 0 fully saturated rings. The zero-order chi connectivity index (χ0) is 16.6. The Hall–Kier alpha value is -2.38. The van der Waals surface area contributed by atoms with Crippen molar-refractivity contribution in [2.45, 2.75) is 32.0 Å². The van der Waals surface area contributed by atoms with Crippen molar-refractivity contribution in [3.8, 4) is 0 Å². The molecule has 0 bridgehead atoms. The number of hydrogen-bond acceptors (Lipinski definition) is 1. The van der Waals surface area contributed by atoms with Crippen LogP contribution >= 0.6 is 0 Å². The van der Waals surface area contributed by atoms with Crippen LogP contribution in [0, 0.1) is 0 Å². The standard InChI is InChI=1S/C23H22O/c1-17(2)24-23(16-8-12-19-10-4-6-14-21(19)23)22-15-7-11-18-9-3-5-13-20(18)22/h3-15,17H,16H2,1-2H3/t23-/m0/s1. The summed E-state index contributed by atoms with van der Waals surface area (Å²) in [6.45, 7) is 4.24. The molecule has 1 aliphatic rings. The van der Waals surface area contributed by atoms with Gasteiger partial charge in [-0.2, -0.15) is 0 Å². The van der Waals surface area contributed by atoms with E-state index in [1.54, 1.807) is 0 Å². The van der Waals surface area contributed by atoms with E-state index in [0.29, 0.717) is 0 Å². The first-order valence-electron chi connectivity index (χ1n) is 8.63. The van der Waals surface area contributed by atoms with Crippen molar-refractivity contribution in [1.82, 2.24) is 0 Å². The minimum Gasteiger partial charge on any atom is -0.363 e. The highest BCUT2D eigenvalue weighted by atomic mass is 16.5. The molecule has 0 saturated heterocycles. The van der Waals surface area contributed by atoms with Crippen molar-refractivity contribution in [3.05, 3.63) is 89.5 Å². The molecule has 24 heavy (non-hydrogen) atoms. The molecule has 1 aliphatic carbocycles. The van der Waals surface area contributed by atoms with Crippen molar-refractivity contribution < 1.29 is 4.74 Å². The summed E-state index contributed by atoms with van der Waals surface area (Å²) in [7, 11) is 0. The van der Waals surface area contributed by atoms with E-state index in [0.717, 1.165) is 6.42 Å². The highest BCUT2D eigenvalue weighted by Crippen LogP contribution is 2.45. The van der Waals surface area contributed by atoms with Gasteiger partial charge in [0.2, 0.25) is 0 Å². The molecule has 0 amide bonds. The Morgan fingerprint density at radius 2 is 1.54 bits per heavy atom. The molecule has 0 aliphatic heterocycles. The van der Waals surface area contributed by atoms with Gasteiger partial charge < -0.3 is 4.74 Å². The molecule has 0 radical (unpaired) electrons. The van der Waals surface area contributed by atoms with E-state index in [-0.39, 0.29) is 6.10 Å². The Labute approximate surface area is 143 Å². The minimum atomic E-state index is -0.430. The quantitative estimate of drug-likeness (QED) is 0.582. The number of ether oxygens (including phenoxy) is 1. The fourth-order valence-corrected chi connectivity index (χ4v) is 3.88. The van der Waals surface area contributed by atoms with Crippen molar-refractivity contribution in [2.75, 3.05) is 0 Å². The molecule has 0 N–H and O–H groups in total. The van der Waals surface area contributed by atoms with Crippen molar-refractivity contribution in [3.63, 3.8) is 0 Å². The fourth-order valence-electron chi connectivity index (χ4n) is 3.88. The maximum atomic E-state index is 6.65. The van der Waals surface area contributed by atoms with Crippen LogP contribution in [0.15, 0.2) is 72.8 Å². The van der Waals surface area contributed by atoms with Gasteiger partial charge in [-0.3, -0.25) is 0 Å². The highest BCUT2D eigenvalue weighted by molar-refractivity contribution is 5.87.